The average Bonchev–Trinajstić information content (AvgIpc) is 3.13. The molecule has 1 aliphatic rings. The molecule has 0 aliphatic carbocycles. The van der Waals surface area contributed by atoms with Crippen molar-refractivity contribution >= 4 is 15.9 Å². The van der Waals surface area contributed by atoms with E-state index in [4.69, 9.17) is 4.74 Å². The van der Waals surface area contributed by atoms with Gasteiger partial charge in [0.05, 0.1) is 19.7 Å². The van der Waals surface area contributed by atoms with E-state index in [2.05, 4.69) is 4.99 Å². The second kappa shape index (κ2) is 7.50. The number of hydrogen-bond donors (Lipinski definition) is 0. The predicted molar refractivity (Wildman–Crippen MR) is 103 cm³/mol. The Morgan fingerprint density at radius 3 is 2.54 bits per heavy atom. The summed E-state index contributed by atoms with van der Waals surface area (Å²) in [4.78, 5) is 4.64. The summed E-state index contributed by atoms with van der Waals surface area (Å²) in [6, 6.07) is 14.8. The molecule has 1 aliphatic heterocycles. The molecule has 0 saturated heterocycles. The van der Waals surface area contributed by atoms with Crippen LogP contribution in [0.5, 0.6) is 5.75 Å². The first-order chi connectivity index (χ1) is 12.4. The Bertz CT molecular complexity index is 906. The van der Waals surface area contributed by atoms with E-state index in [0.717, 1.165) is 11.1 Å². The molecule has 0 saturated carbocycles. The fourth-order valence-electron chi connectivity index (χ4n) is 2.97. The van der Waals surface area contributed by atoms with Gasteiger partial charge in [0.25, 0.3) is 10.0 Å². The van der Waals surface area contributed by atoms with Gasteiger partial charge in [-0.3, -0.25) is 4.99 Å². The van der Waals surface area contributed by atoms with Crippen molar-refractivity contribution in [1.29, 1.82) is 0 Å². The third-order valence-electron chi connectivity index (χ3n) is 4.34. The smallest absolute Gasteiger partial charge is 0.269 e. The zero-order chi connectivity index (χ0) is 18.7. The van der Waals surface area contributed by atoms with E-state index >= 15 is 0 Å². The number of ether oxygens (including phenoxy) is 1. The van der Waals surface area contributed by atoms with E-state index in [1.54, 1.807) is 12.1 Å². The Labute approximate surface area is 155 Å². The van der Waals surface area contributed by atoms with Gasteiger partial charge in [-0.25, -0.2) is 12.7 Å². The van der Waals surface area contributed by atoms with Gasteiger partial charge in [0.15, 0.2) is 0 Å². The third kappa shape index (κ3) is 3.46. The number of aliphatic imine (C=N–C) groups is 1. The molecule has 2 aromatic carbocycles. The molecule has 26 heavy (non-hydrogen) atoms. The van der Waals surface area contributed by atoms with Crippen LogP contribution < -0.4 is 4.74 Å². The van der Waals surface area contributed by atoms with Crippen molar-refractivity contribution in [3.63, 3.8) is 0 Å². The van der Waals surface area contributed by atoms with E-state index in [1.807, 2.05) is 57.2 Å². The van der Waals surface area contributed by atoms with Gasteiger partial charge in [0.2, 0.25) is 0 Å². The number of hydrogen-bond acceptors (Lipinski definition) is 4. The minimum atomic E-state index is -3.77. The zero-order valence-corrected chi connectivity index (χ0v) is 16.2. The molecule has 0 fully saturated rings. The molecular formula is C20H24N2O3S. The first-order valence-electron chi connectivity index (χ1n) is 8.84. The van der Waals surface area contributed by atoms with E-state index in [-0.39, 0.29) is 10.8 Å². The van der Waals surface area contributed by atoms with Crippen molar-refractivity contribution in [2.75, 3.05) is 19.7 Å². The number of rotatable bonds is 6. The lowest BCUT2D eigenvalue weighted by molar-refractivity contribution is 0.330. The van der Waals surface area contributed by atoms with Gasteiger partial charge in [-0.05, 0) is 30.5 Å². The highest BCUT2D eigenvalue weighted by molar-refractivity contribution is 7.89. The van der Waals surface area contributed by atoms with Crippen LogP contribution in [0.15, 0.2) is 58.4 Å². The van der Waals surface area contributed by atoms with Gasteiger partial charge in [-0.1, -0.05) is 50.2 Å². The maximum absolute atomic E-state index is 13.5. The van der Waals surface area contributed by atoms with Gasteiger partial charge in [0.1, 0.15) is 16.5 Å². The summed E-state index contributed by atoms with van der Waals surface area (Å²) in [5, 5.41) is 0. The van der Waals surface area contributed by atoms with Gasteiger partial charge < -0.3 is 4.74 Å². The first-order valence-corrected chi connectivity index (χ1v) is 10.3. The minimum absolute atomic E-state index is 0.205. The van der Waals surface area contributed by atoms with Gasteiger partial charge in [-0.2, -0.15) is 0 Å². The Kier molecular flexibility index (Phi) is 5.32. The van der Waals surface area contributed by atoms with Crippen LogP contribution in [0.4, 0.5) is 0 Å². The van der Waals surface area contributed by atoms with E-state index < -0.39 is 10.0 Å². The predicted octanol–water partition coefficient (Wildman–Crippen LogP) is 3.66. The molecule has 0 radical (unpaired) electrons. The van der Waals surface area contributed by atoms with Crippen LogP contribution in [0.25, 0.3) is 0 Å². The summed E-state index contributed by atoms with van der Waals surface area (Å²) in [5.74, 6) is 1.10. The van der Waals surface area contributed by atoms with Crippen LogP contribution in [0, 0.1) is 0 Å². The lowest BCUT2D eigenvalue weighted by Gasteiger charge is -2.23. The van der Waals surface area contributed by atoms with Crippen LogP contribution >= 0.6 is 0 Å². The Balaban J connectivity index is 2.07. The maximum Gasteiger partial charge on any atom is 0.269 e. The molecule has 0 unspecified atom stereocenters. The highest BCUT2D eigenvalue weighted by Gasteiger charge is 2.33. The molecule has 0 N–H and O–H groups in total. The number of sulfonamides is 1. The fourth-order valence-corrected chi connectivity index (χ4v) is 4.58. The summed E-state index contributed by atoms with van der Waals surface area (Å²) in [5.41, 5.74) is 1.76. The van der Waals surface area contributed by atoms with Crippen LogP contribution in [0.1, 0.15) is 37.8 Å². The third-order valence-corrected chi connectivity index (χ3v) is 6.15. The molecule has 0 aromatic heterocycles. The van der Waals surface area contributed by atoms with Crippen LogP contribution in [0.3, 0.4) is 0 Å². The lowest BCUT2D eigenvalue weighted by atomic mass is 10.0. The van der Waals surface area contributed by atoms with E-state index in [1.165, 1.54) is 4.31 Å². The molecule has 0 atom stereocenters. The summed E-state index contributed by atoms with van der Waals surface area (Å²) in [6.45, 7) is 7.13. The van der Waals surface area contributed by atoms with E-state index in [9.17, 15) is 8.42 Å². The van der Waals surface area contributed by atoms with Crippen LogP contribution in [-0.4, -0.2) is 38.3 Å². The first kappa shape index (κ1) is 18.5. The maximum atomic E-state index is 13.5. The Morgan fingerprint density at radius 1 is 1.15 bits per heavy atom. The van der Waals surface area contributed by atoms with Crippen molar-refractivity contribution < 1.29 is 13.2 Å². The number of benzene rings is 2. The highest BCUT2D eigenvalue weighted by Crippen LogP contribution is 2.32. The fraction of sp³-hybridized carbons (Fsp3) is 0.350. The summed E-state index contributed by atoms with van der Waals surface area (Å²) in [7, 11) is -3.77. The summed E-state index contributed by atoms with van der Waals surface area (Å²) >= 11 is 0. The monoisotopic (exact) mass is 372 g/mol. The molecule has 6 heteroatoms. The molecule has 0 amide bonds. The molecule has 3 rings (SSSR count). The van der Waals surface area contributed by atoms with Gasteiger partial charge in [-0.15, -0.1) is 0 Å². The molecule has 138 valence electrons. The number of amidine groups is 1. The van der Waals surface area contributed by atoms with E-state index in [0.29, 0.717) is 31.3 Å². The standard InChI is InChI=1S/C20H24N2O3S/c1-4-25-18-11-10-17(15(2)3)14-19(18)26(23,24)22-13-12-21-20(22)16-8-6-5-7-9-16/h5-11,14-15H,4,12-13H2,1-3H3. The van der Waals surface area contributed by atoms with Crippen molar-refractivity contribution in [1.82, 2.24) is 4.31 Å². The van der Waals surface area contributed by atoms with Crippen molar-refractivity contribution in [2.24, 2.45) is 4.99 Å². The second-order valence-electron chi connectivity index (χ2n) is 6.44. The van der Waals surface area contributed by atoms with Crippen molar-refractivity contribution in [3.05, 3.63) is 59.7 Å². The second-order valence-corrected chi connectivity index (χ2v) is 8.27. The SMILES string of the molecule is CCOc1ccc(C(C)C)cc1S(=O)(=O)N1CCN=C1c1ccccc1. The van der Waals surface area contributed by atoms with Gasteiger partial charge >= 0.3 is 0 Å². The minimum Gasteiger partial charge on any atom is -0.492 e. The zero-order valence-electron chi connectivity index (χ0n) is 15.3. The molecule has 0 spiro atoms. The Hall–Kier alpha value is -2.34. The van der Waals surface area contributed by atoms with Crippen molar-refractivity contribution in [3.8, 4) is 5.75 Å². The number of nitrogens with zero attached hydrogens (tertiary/aromatic N) is 2. The summed E-state index contributed by atoms with van der Waals surface area (Å²) in [6.07, 6.45) is 0. The molecule has 0 bridgehead atoms. The Morgan fingerprint density at radius 2 is 1.88 bits per heavy atom. The van der Waals surface area contributed by atoms with Gasteiger partial charge in [0, 0.05) is 5.56 Å². The largest absolute Gasteiger partial charge is 0.492 e. The average molecular weight is 372 g/mol. The highest BCUT2D eigenvalue weighted by atomic mass is 32.2. The lowest BCUT2D eigenvalue weighted by Crippen LogP contribution is -2.35. The van der Waals surface area contributed by atoms with Crippen LogP contribution in [-0.2, 0) is 10.0 Å². The van der Waals surface area contributed by atoms with Crippen molar-refractivity contribution in [2.45, 2.75) is 31.6 Å². The molecular weight excluding hydrogens is 348 g/mol. The molecule has 1 heterocycles. The normalized spacial score (nSPS) is 14.6. The molecule has 5 nitrogen and oxygen atoms in total. The molecule has 2 aromatic rings. The van der Waals surface area contributed by atoms with Crippen LogP contribution in [0.2, 0.25) is 0 Å². The summed E-state index contributed by atoms with van der Waals surface area (Å²) < 4.78 is 33.9. The quantitative estimate of drug-likeness (QED) is 0.777. The topological polar surface area (TPSA) is 59.0 Å².